The van der Waals surface area contributed by atoms with E-state index in [2.05, 4.69) is 51.0 Å². The average Bonchev–Trinajstić information content (AvgIpc) is 3.74. The van der Waals surface area contributed by atoms with Crippen molar-refractivity contribution in [2.75, 3.05) is 13.4 Å². The molecule has 0 saturated heterocycles. The van der Waals surface area contributed by atoms with Crippen molar-refractivity contribution in [1.29, 1.82) is 0 Å². The van der Waals surface area contributed by atoms with E-state index in [4.69, 9.17) is 19.2 Å². The molecule has 3 aromatic carbocycles. The molecule has 0 bridgehead atoms. The third-order valence-corrected chi connectivity index (χ3v) is 9.49. The summed E-state index contributed by atoms with van der Waals surface area (Å²) in [7, 11) is 0. The van der Waals surface area contributed by atoms with E-state index in [9.17, 15) is 9.59 Å². The lowest BCUT2D eigenvalue weighted by Crippen LogP contribution is -2.40. The molecule has 4 heterocycles. The number of halogens is 1. The predicted octanol–water partition coefficient (Wildman–Crippen LogP) is 6.07. The third kappa shape index (κ3) is 5.42. The molecule has 228 valence electrons. The van der Waals surface area contributed by atoms with Crippen LogP contribution in [0, 0.1) is 0 Å². The Kier molecular flexibility index (Phi) is 7.93. The average molecular weight is 685 g/mol. The topological polar surface area (TPSA) is 84.0 Å². The van der Waals surface area contributed by atoms with Gasteiger partial charge >= 0.3 is 5.97 Å². The molecule has 45 heavy (non-hydrogen) atoms. The molecule has 0 unspecified atom stereocenters. The van der Waals surface area contributed by atoms with Gasteiger partial charge in [0.25, 0.3) is 5.56 Å². The summed E-state index contributed by atoms with van der Waals surface area (Å²) in [5.74, 6) is 0.726. The third-order valence-electron chi connectivity index (χ3n) is 7.98. The summed E-state index contributed by atoms with van der Waals surface area (Å²) in [6.07, 6.45) is 5.38. The van der Waals surface area contributed by atoms with Crippen molar-refractivity contribution in [3.63, 3.8) is 0 Å². The number of aromatic nitrogens is 2. The summed E-state index contributed by atoms with van der Waals surface area (Å²) < 4.78 is 22.1. The first kappa shape index (κ1) is 29.3. The highest BCUT2D eigenvalue weighted by Crippen LogP contribution is 2.39. The number of fused-ring (bicyclic) bond motifs is 3. The van der Waals surface area contributed by atoms with Gasteiger partial charge in [0, 0.05) is 33.7 Å². The number of carbonyl (C=O) groups excluding carboxylic acids is 1. The fraction of sp³-hybridized carbons (Fsp3) is 0.229. The Morgan fingerprint density at radius 2 is 1.89 bits per heavy atom. The van der Waals surface area contributed by atoms with Crippen LogP contribution >= 0.6 is 27.3 Å². The molecule has 0 fully saturated rings. The molecular weight excluding hydrogens is 654 g/mol. The zero-order valence-corrected chi connectivity index (χ0v) is 27.2. The molecule has 0 radical (unpaired) electrons. The molecule has 0 spiro atoms. The monoisotopic (exact) mass is 683 g/mol. The number of nitrogens with zero attached hydrogens (tertiary/aromatic N) is 3. The number of carbonyl (C=O) groups is 1. The first-order valence-electron chi connectivity index (χ1n) is 14.9. The van der Waals surface area contributed by atoms with E-state index in [1.54, 1.807) is 11.5 Å². The van der Waals surface area contributed by atoms with Crippen molar-refractivity contribution < 1.29 is 19.0 Å². The second-order valence-corrected chi connectivity index (χ2v) is 12.8. The van der Waals surface area contributed by atoms with Crippen LogP contribution in [-0.4, -0.2) is 28.5 Å². The van der Waals surface area contributed by atoms with Gasteiger partial charge in [0.15, 0.2) is 16.3 Å². The quantitative estimate of drug-likeness (QED) is 0.185. The van der Waals surface area contributed by atoms with Crippen LogP contribution in [0.15, 0.2) is 98.5 Å². The van der Waals surface area contributed by atoms with Gasteiger partial charge in [-0.15, -0.1) is 0 Å². The van der Waals surface area contributed by atoms with Crippen molar-refractivity contribution in [3.05, 3.63) is 125 Å². The van der Waals surface area contributed by atoms with E-state index >= 15 is 0 Å². The van der Waals surface area contributed by atoms with Crippen LogP contribution in [0.4, 0.5) is 0 Å². The molecule has 0 amide bonds. The number of ether oxygens (including phenoxy) is 3. The highest BCUT2D eigenvalue weighted by molar-refractivity contribution is 9.10. The van der Waals surface area contributed by atoms with Gasteiger partial charge in [-0.2, -0.15) is 0 Å². The second kappa shape index (κ2) is 12.2. The number of esters is 1. The van der Waals surface area contributed by atoms with E-state index in [1.807, 2.05) is 55.5 Å². The zero-order chi connectivity index (χ0) is 31.1. The lowest BCUT2D eigenvalue weighted by Gasteiger charge is -2.25. The van der Waals surface area contributed by atoms with Gasteiger partial charge in [-0.25, -0.2) is 9.79 Å². The number of benzene rings is 3. The predicted molar refractivity (Wildman–Crippen MR) is 177 cm³/mol. The summed E-state index contributed by atoms with van der Waals surface area (Å²) in [6.45, 7) is 4.84. The largest absolute Gasteiger partial charge is 0.463 e. The van der Waals surface area contributed by atoms with Crippen LogP contribution in [0.1, 0.15) is 49.4 Å². The maximum absolute atomic E-state index is 14.3. The Labute approximate surface area is 271 Å². The standard InChI is InChI=1S/C35H30BrN3O5S/c1-3-7-26-31(34(41)42-4-2)32(22-12-15-28-29(16-22)44-20-43-28)39-33(40)30(45-35(39)37-26)17-23-19-38(27-9-6-5-8-25(23)27)18-21-10-13-24(36)14-11-21/h5-6,8-17,19,32H,3-4,7,18,20H2,1-2H3/b30-17+/t32-/m0/s1. The van der Waals surface area contributed by atoms with Crippen LogP contribution in [-0.2, 0) is 16.1 Å². The molecular formula is C35H30BrN3O5S. The molecule has 8 nitrogen and oxygen atoms in total. The highest BCUT2D eigenvalue weighted by atomic mass is 79.9. The van der Waals surface area contributed by atoms with Crippen molar-refractivity contribution in [2.45, 2.75) is 39.3 Å². The normalized spacial score (nSPS) is 15.8. The number of rotatable bonds is 8. The SMILES string of the molecule is CCCC1=C(C(=O)OCC)[C@H](c2ccc3c(c2)OCO3)n2c(s/c(=C/c3cn(Cc4ccc(Br)cc4)c4ccccc34)c2=O)=N1. The molecule has 1 atom stereocenters. The number of hydrogen-bond acceptors (Lipinski definition) is 7. The maximum Gasteiger partial charge on any atom is 0.338 e. The fourth-order valence-electron chi connectivity index (χ4n) is 5.97. The van der Waals surface area contributed by atoms with E-state index in [0.29, 0.717) is 45.1 Å². The molecule has 2 aliphatic rings. The Balaban J connectivity index is 1.40. The van der Waals surface area contributed by atoms with Crippen LogP contribution in [0.5, 0.6) is 11.5 Å². The van der Waals surface area contributed by atoms with E-state index in [-0.39, 0.29) is 19.0 Å². The van der Waals surface area contributed by atoms with Gasteiger partial charge < -0.3 is 18.8 Å². The van der Waals surface area contributed by atoms with Crippen LogP contribution in [0.2, 0.25) is 0 Å². The highest BCUT2D eigenvalue weighted by Gasteiger charge is 2.35. The minimum Gasteiger partial charge on any atom is -0.463 e. The second-order valence-electron chi connectivity index (χ2n) is 10.9. The van der Waals surface area contributed by atoms with E-state index in [0.717, 1.165) is 32.9 Å². The van der Waals surface area contributed by atoms with Crippen molar-refractivity contribution in [1.82, 2.24) is 9.13 Å². The van der Waals surface area contributed by atoms with E-state index < -0.39 is 12.0 Å². The molecule has 0 N–H and O–H groups in total. The fourth-order valence-corrected chi connectivity index (χ4v) is 7.24. The molecule has 2 aliphatic heterocycles. The smallest absolute Gasteiger partial charge is 0.338 e. The molecule has 0 aliphatic carbocycles. The number of thiazole rings is 1. The number of para-hydroxylation sites is 1. The molecule has 0 saturated carbocycles. The molecule has 7 rings (SSSR count). The first-order chi connectivity index (χ1) is 21.9. The summed E-state index contributed by atoms with van der Waals surface area (Å²) >= 11 is 4.85. The van der Waals surface area contributed by atoms with Gasteiger partial charge in [-0.1, -0.05) is 77.0 Å². The summed E-state index contributed by atoms with van der Waals surface area (Å²) in [6, 6.07) is 21.3. The minimum atomic E-state index is -0.725. The van der Waals surface area contributed by atoms with Crippen molar-refractivity contribution in [2.24, 2.45) is 4.99 Å². The van der Waals surface area contributed by atoms with Crippen molar-refractivity contribution >= 4 is 50.2 Å². The van der Waals surface area contributed by atoms with Gasteiger partial charge in [0.1, 0.15) is 0 Å². The number of allylic oxidation sites excluding steroid dienone is 1. The van der Waals surface area contributed by atoms with E-state index in [1.165, 1.54) is 16.9 Å². The summed E-state index contributed by atoms with van der Waals surface area (Å²) in [5.41, 5.74) is 4.70. The van der Waals surface area contributed by atoms with Crippen LogP contribution < -0.4 is 24.4 Å². The molecule has 10 heteroatoms. The minimum absolute atomic E-state index is 0.124. The van der Waals surface area contributed by atoms with Gasteiger partial charge in [-0.3, -0.25) is 9.36 Å². The van der Waals surface area contributed by atoms with Gasteiger partial charge in [-0.05, 0) is 60.9 Å². The Morgan fingerprint density at radius 3 is 2.69 bits per heavy atom. The molecule has 5 aromatic rings. The maximum atomic E-state index is 14.3. The summed E-state index contributed by atoms with van der Waals surface area (Å²) in [5, 5.41) is 1.05. The molecule has 2 aromatic heterocycles. The van der Waals surface area contributed by atoms with Crippen molar-refractivity contribution in [3.8, 4) is 11.5 Å². The Hall–Kier alpha value is -4.41. The lowest BCUT2D eigenvalue weighted by atomic mass is 9.94. The van der Waals surface area contributed by atoms with Crippen LogP contribution in [0.3, 0.4) is 0 Å². The van der Waals surface area contributed by atoms with Gasteiger partial charge in [0.05, 0.1) is 28.5 Å². The summed E-state index contributed by atoms with van der Waals surface area (Å²) in [4.78, 5) is 33.3. The van der Waals surface area contributed by atoms with Gasteiger partial charge in [0.2, 0.25) is 6.79 Å². The van der Waals surface area contributed by atoms with Crippen LogP contribution in [0.25, 0.3) is 17.0 Å². The first-order valence-corrected chi connectivity index (χ1v) is 16.5. The number of hydrogen-bond donors (Lipinski definition) is 0. The zero-order valence-electron chi connectivity index (χ0n) is 24.8. The Bertz CT molecular complexity index is 2160. The lowest BCUT2D eigenvalue weighted by molar-refractivity contribution is -0.139. The Morgan fingerprint density at radius 1 is 1.09 bits per heavy atom.